The number of amides is 3. The second kappa shape index (κ2) is 11.6. The molecule has 0 aliphatic heterocycles. The Morgan fingerprint density at radius 1 is 1.10 bits per heavy atom. The standard InChI is InChI=1S/C21H23ClN4O4/c1-14(2)11-23-20(28)21(29)26-24-12-15-6-5-7-16(10-15)30-13-19(27)25-18-9-4-3-8-17(18)22/h3-10,12,14H,11,13H2,1-2H3,(H,23,28)(H,25,27)(H,26,29)/b24-12-. The summed E-state index contributed by atoms with van der Waals surface area (Å²) in [6.07, 6.45) is 1.37. The van der Waals surface area contributed by atoms with Gasteiger partial charge in [0.2, 0.25) is 0 Å². The Bertz CT molecular complexity index is 931. The van der Waals surface area contributed by atoms with Crippen molar-refractivity contribution in [3.63, 3.8) is 0 Å². The maximum atomic E-state index is 12.0. The zero-order valence-corrected chi connectivity index (χ0v) is 17.4. The summed E-state index contributed by atoms with van der Waals surface area (Å²) < 4.78 is 5.47. The quantitative estimate of drug-likeness (QED) is 0.339. The van der Waals surface area contributed by atoms with Gasteiger partial charge in [0.05, 0.1) is 16.9 Å². The van der Waals surface area contributed by atoms with E-state index in [4.69, 9.17) is 16.3 Å². The molecule has 0 fully saturated rings. The molecule has 9 heteroatoms. The number of para-hydroxylation sites is 1. The molecular formula is C21H23ClN4O4. The van der Waals surface area contributed by atoms with Gasteiger partial charge >= 0.3 is 11.8 Å². The molecule has 30 heavy (non-hydrogen) atoms. The van der Waals surface area contributed by atoms with Crippen LogP contribution in [-0.4, -0.2) is 37.1 Å². The molecule has 0 aromatic heterocycles. The number of carbonyl (C=O) groups is 3. The molecule has 3 amide bonds. The number of carbonyl (C=O) groups excluding carboxylic acids is 3. The summed E-state index contributed by atoms with van der Waals surface area (Å²) in [7, 11) is 0. The minimum Gasteiger partial charge on any atom is -0.484 e. The molecule has 0 bridgehead atoms. The van der Waals surface area contributed by atoms with Crippen LogP contribution < -0.4 is 20.8 Å². The van der Waals surface area contributed by atoms with E-state index in [1.54, 1.807) is 48.5 Å². The molecule has 0 heterocycles. The highest BCUT2D eigenvalue weighted by atomic mass is 35.5. The van der Waals surface area contributed by atoms with Crippen LogP contribution in [0.3, 0.4) is 0 Å². The van der Waals surface area contributed by atoms with Crippen molar-refractivity contribution in [2.75, 3.05) is 18.5 Å². The maximum Gasteiger partial charge on any atom is 0.329 e. The molecule has 0 spiro atoms. The number of nitrogens with one attached hydrogen (secondary N) is 3. The second-order valence-corrected chi connectivity index (χ2v) is 7.10. The average Bonchev–Trinajstić information content (AvgIpc) is 2.72. The van der Waals surface area contributed by atoms with Crippen molar-refractivity contribution in [1.82, 2.24) is 10.7 Å². The molecule has 0 saturated heterocycles. The lowest BCUT2D eigenvalue weighted by molar-refractivity contribution is -0.139. The van der Waals surface area contributed by atoms with Gasteiger partial charge in [0.1, 0.15) is 5.75 Å². The van der Waals surface area contributed by atoms with Crippen molar-refractivity contribution in [3.05, 3.63) is 59.1 Å². The van der Waals surface area contributed by atoms with Gasteiger partial charge < -0.3 is 15.4 Å². The molecule has 0 aliphatic rings. The van der Waals surface area contributed by atoms with Gasteiger partial charge in [-0.1, -0.05) is 49.7 Å². The number of hydrogen-bond donors (Lipinski definition) is 3. The number of benzene rings is 2. The number of rotatable bonds is 8. The van der Waals surface area contributed by atoms with Crippen molar-refractivity contribution in [1.29, 1.82) is 0 Å². The lowest BCUT2D eigenvalue weighted by Gasteiger charge is -2.09. The van der Waals surface area contributed by atoms with E-state index in [1.165, 1.54) is 6.21 Å². The molecule has 0 atom stereocenters. The van der Waals surface area contributed by atoms with Gasteiger partial charge in [-0.25, -0.2) is 5.43 Å². The van der Waals surface area contributed by atoms with Crippen molar-refractivity contribution in [3.8, 4) is 5.75 Å². The molecule has 2 aromatic carbocycles. The van der Waals surface area contributed by atoms with E-state index in [0.717, 1.165) is 0 Å². The second-order valence-electron chi connectivity index (χ2n) is 6.69. The van der Waals surface area contributed by atoms with Gasteiger partial charge in [-0.05, 0) is 35.7 Å². The summed E-state index contributed by atoms with van der Waals surface area (Å²) in [6.45, 7) is 4.04. The van der Waals surface area contributed by atoms with Crippen molar-refractivity contribution in [2.24, 2.45) is 11.0 Å². The summed E-state index contributed by atoms with van der Waals surface area (Å²) in [5.74, 6) is -1.28. The van der Waals surface area contributed by atoms with E-state index in [1.807, 2.05) is 13.8 Å². The van der Waals surface area contributed by atoms with Crippen LogP contribution in [0.25, 0.3) is 0 Å². The molecule has 0 saturated carbocycles. The van der Waals surface area contributed by atoms with Crippen LogP contribution >= 0.6 is 11.6 Å². The van der Waals surface area contributed by atoms with Crippen molar-refractivity contribution < 1.29 is 19.1 Å². The molecule has 0 aliphatic carbocycles. The highest BCUT2D eigenvalue weighted by Gasteiger charge is 2.12. The van der Waals surface area contributed by atoms with Gasteiger partial charge in [-0.3, -0.25) is 14.4 Å². The first kappa shape index (κ1) is 22.9. The number of halogens is 1. The normalized spacial score (nSPS) is 10.7. The van der Waals surface area contributed by atoms with Crippen LogP contribution in [0.2, 0.25) is 5.02 Å². The van der Waals surface area contributed by atoms with E-state index in [2.05, 4.69) is 21.2 Å². The summed E-state index contributed by atoms with van der Waals surface area (Å²) in [6, 6.07) is 13.6. The van der Waals surface area contributed by atoms with Gasteiger partial charge in [0.15, 0.2) is 6.61 Å². The highest BCUT2D eigenvalue weighted by Crippen LogP contribution is 2.20. The Kier molecular flexibility index (Phi) is 8.83. The van der Waals surface area contributed by atoms with Crippen LogP contribution in [-0.2, 0) is 14.4 Å². The third-order valence-corrected chi connectivity index (χ3v) is 3.96. The highest BCUT2D eigenvalue weighted by molar-refractivity contribution is 6.35. The predicted molar refractivity (Wildman–Crippen MR) is 116 cm³/mol. The van der Waals surface area contributed by atoms with Gasteiger partial charge in [0, 0.05) is 6.54 Å². The van der Waals surface area contributed by atoms with Gasteiger partial charge in [-0.15, -0.1) is 0 Å². The zero-order valence-electron chi connectivity index (χ0n) is 16.6. The fraction of sp³-hybridized carbons (Fsp3) is 0.238. The predicted octanol–water partition coefficient (Wildman–Crippen LogP) is 2.58. The smallest absolute Gasteiger partial charge is 0.329 e. The summed E-state index contributed by atoms with van der Waals surface area (Å²) in [5, 5.41) is 9.35. The van der Waals surface area contributed by atoms with E-state index in [0.29, 0.717) is 28.6 Å². The molecule has 2 rings (SSSR count). The molecular weight excluding hydrogens is 408 g/mol. The first-order chi connectivity index (χ1) is 14.3. The van der Waals surface area contributed by atoms with Gasteiger partial charge in [0.25, 0.3) is 5.91 Å². The summed E-state index contributed by atoms with van der Waals surface area (Å²) in [5.41, 5.74) is 3.27. The Morgan fingerprint density at radius 2 is 1.87 bits per heavy atom. The Labute approximate surface area is 179 Å². The Balaban J connectivity index is 1.83. The lowest BCUT2D eigenvalue weighted by Crippen LogP contribution is -2.39. The molecule has 8 nitrogen and oxygen atoms in total. The average molecular weight is 431 g/mol. The molecule has 2 aromatic rings. The van der Waals surface area contributed by atoms with Crippen molar-refractivity contribution >= 4 is 41.2 Å². The Morgan fingerprint density at radius 3 is 2.60 bits per heavy atom. The largest absolute Gasteiger partial charge is 0.484 e. The van der Waals surface area contributed by atoms with Crippen molar-refractivity contribution in [2.45, 2.75) is 13.8 Å². The summed E-state index contributed by atoms with van der Waals surface area (Å²) in [4.78, 5) is 35.3. The Hall–Kier alpha value is -3.39. The van der Waals surface area contributed by atoms with Crippen LogP contribution in [0, 0.1) is 5.92 Å². The minimum atomic E-state index is -0.851. The third kappa shape index (κ3) is 7.92. The topological polar surface area (TPSA) is 109 Å². The molecule has 0 unspecified atom stereocenters. The van der Waals surface area contributed by atoms with E-state index in [9.17, 15) is 14.4 Å². The van der Waals surface area contributed by atoms with Crippen LogP contribution in [0.4, 0.5) is 5.69 Å². The number of anilines is 1. The number of hydrazone groups is 1. The fourth-order valence-electron chi connectivity index (χ4n) is 2.18. The van der Waals surface area contributed by atoms with Crippen LogP contribution in [0.1, 0.15) is 19.4 Å². The minimum absolute atomic E-state index is 0.210. The zero-order chi connectivity index (χ0) is 21.9. The first-order valence-corrected chi connectivity index (χ1v) is 9.61. The summed E-state index contributed by atoms with van der Waals surface area (Å²) >= 11 is 6.00. The number of hydrogen-bond acceptors (Lipinski definition) is 5. The molecule has 158 valence electrons. The SMILES string of the molecule is CC(C)CNC(=O)C(=O)N/N=C\c1cccc(OCC(=O)Nc2ccccc2Cl)c1. The van der Waals surface area contributed by atoms with E-state index >= 15 is 0 Å². The van der Waals surface area contributed by atoms with Gasteiger partial charge in [-0.2, -0.15) is 5.10 Å². The third-order valence-electron chi connectivity index (χ3n) is 3.63. The van der Waals surface area contributed by atoms with Crippen LogP contribution in [0.15, 0.2) is 53.6 Å². The number of ether oxygens (including phenoxy) is 1. The first-order valence-electron chi connectivity index (χ1n) is 9.23. The lowest BCUT2D eigenvalue weighted by atomic mass is 10.2. The van der Waals surface area contributed by atoms with Crippen LogP contribution in [0.5, 0.6) is 5.75 Å². The molecule has 3 N–H and O–H groups in total. The fourth-order valence-corrected chi connectivity index (χ4v) is 2.36. The number of nitrogens with zero attached hydrogens (tertiary/aromatic N) is 1. The maximum absolute atomic E-state index is 12.0. The van der Waals surface area contributed by atoms with E-state index < -0.39 is 11.8 Å². The van der Waals surface area contributed by atoms with E-state index in [-0.39, 0.29) is 18.4 Å². The monoisotopic (exact) mass is 430 g/mol. The molecule has 0 radical (unpaired) electrons.